The van der Waals surface area contributed by atoms with Crippen LogP contribution in [0.1, 0.15) is 388 Å². The van der Waals surface area contributed by atoms with Crippen molar-refractivity contribution in [2.75, 3.05) is 39.6 Å². The molecule has 552 valence electrons. The van der Waals surface area contributed by atoms with Gasteiger partial charge in [0.05, 0.1) is 26.4 Å². The summed E-state index contributed by atoms with van der Waals surface area (Å²) in [5.41, 5.74) is 0. The average molecular weight is 1370 g/mol. The highest BCUT2D eigenvalue weighted by Crippen LogP contribution is 2.45. The average Bonchev–Trinajstić information content (AvgIpc) is 3.58. The Morgan fingerprint density at radius 2 is 0.495 bits per heavy atom. The Bertz CT molecular complexity index is 1790. The summed E-state index contributed by atoms with van der Waals surface area (Å²) >= 11 is 0. The normalized spacial score (nSPS) is 14.0. The highest BCUT2D eigenvalue weighted by atomic mass is 31.2. The van der Waals surface area contributed by atoms with Crippen LogP contribution in [-0.2, 0) is 65.4 Å². The molecular formula is C74H144O17P2. The third kappa shape index (κ3) is 68.4. The fraction of sp³-hybridized carbons (Fsp3) is 0.946. The molecule has 0 aromatic rings. The number of phosphoric acid groups is 2. The minimum atomic E-state index is -4.95. The van der Waals surface area contributed by atoms with E-state index in [1.54, 1.807) is 0 Å². The van der Waals surface area contributed by atoms with Gasteiger partial charge in [-0.2, -0.15) is 0 Å². The van der Waals surface area contributed by atoms with Gasteiger partial charge in [0.15, 0.2) is 12.2 Å². The van der Waals surface area contributed by atoms with E-state index >= 15 is 0 Å². The lowest BCUT2D eigenvalue weighted by molar-refractivity contribution is -0.161. The van der Waals surface area contributed by atoms with Gasteiger partial charge in [0.25, 0.3) is 0 Å². The van der Waals surface area contributed by atoms with Crippen LogP contribution in [0.15, 0.2) is 0 Å². The van der Waals surface area contributed by atoms with Crippen molar-refractivity contribution >= 4 is 39.5 Å². The van der Waals surface area contributed by atoms with Gasteiger partial charge in [-0.3, -0.25) is 37.3 Å². The van der Waals surface area contributed by atoms with Crippen LogP contribution in [0.25, 0.3) is 0 Å². The third-order valence-electron chi connectivity index (χ3n) is 17.3. The number of unbranched alkanes of at least 4 members (excludes halogenated alkanes) is 46. The molecule has 0 heterocycles. The summed E-state index contributed by atoms with van der Waals surface area (Å²) in [5, 5.41) is 10.6. The molecule has 0 aliphatic carbocycles. The zero-order chi connectivity index (χ0) is 68.4. The summed E-state index contributed by atoms with van der Waals surface area (Å²) in [6.45, 7) is 7.16. The summed E-state index contributed by atoms with van der Waals surface area (Å²) in [6.07, 6.45) is 56.0. The predicted octanol–water partition coefficient (Wildman–Crippen LogP) is 21.7. The molecule has 5 atom stereocenters. The molecule has 3 N–H and O–H groups in total. The molecule has 0 aromatic heterocycles. The smallest absolute Gasteiger partial charge is 0.462 e. The van der Waals surface area contributed by atoms with E-state index in [4.69, 9.17) is 37.0 Å². The number of hydrogen-bond acceptors (Lipinski definition) is 15. The highest BCUT2D eigenvalue weighted by molar-refractivity contribution is 7.47. The molecule has 0 bridgehead atoms. The number of carbonyl (C=O) groups is 4. The van der Waals surface area contributed by atoms with Crippen molar-refractivity contribution in [2.45, 2.75) is 406 Å². The Labute approximate surface area is 568 Å². The van der Waals surface area contributed by atoms with E-state index in [0.29, 0.717) is 25.7 Å². The van der Waals surface area contributed by atoms with E-state index < -0.39 is 97.5 Å². The fourth-order valence-corrected chi connectivity index (χ4v) is 12.9. The van der Waals surface area contributed by atoms with Gasteiger partial charge in [-0.1, -0.05) is 336 Å². The van der Waals surface area contributed by atoms with E-state index in [0.717, 1.165) is 102 Å². The summed E-state index contributed by atoms with van der Waals surface area (Å²) in [6, 6.07) is 0. The zero-order valence-electron chi connectivity index (χ0n) is 60.4. The van der Waals surface area contributed by atoms with E-state index in [1.165, 1.54) is 205 Å². The van der Waals surface area contributed by atoms with E-state index in [-0.39, 0.29) is 25.7 Å². The first-order chi connectivity index (χ1) is 45.0. The van der Waals surface area contributed by atoms with Gasteiger partial charge in [0.2, 0.25) is 0 Å². The van der Waals surface area contributed by atoms with Crippen LogP contribution in [0.5, 0.6) is 0 Å². The molecule has 0 radical (unpaired) electrons. The summed E-state index contributed by atoms with van der Waals surface area (Å²) < 4.78 is 68.2. The standard InChI is InChI=1S/C74H144O17P2/c1-6-9-12-15-17-19-21-23-25-27-28-29-30-32-34-36-40-44-49-54-59-73(78)91-70(64-85-72(77)58-53-48-43-39-35-33-31-26-24-22-20-18-16-13-10-7-2)66-89-93(82,83)87-62-68(75)61-86-92(80,81)88-65-69(63-84-71(76)57-52-46-14-11-8-3)90-74(79)60-55-50-45-41-37-38-42-47-51-56-67(4)5/h67-70,75H,6-66H2,1-5H3,(H,80,81)(H,82,83)/t68-,69+,70+/m0/s1. The lowest BCUT2D eigenvalue weighted by Gasteiger charge is -2.21. The first-order valence-electron chi connectivity index (χ1n) is 38.6. The lowest BCUT2D eigenvalue weighted by atomic mass is 10.0. The number of rotatable bonds is 74. The molecule has 0 amide bonds. The highest BCUT2D eigenvalue weighted by Gasteiger charge is 2.30. The largest absolute Gasteiger partial charge is 0.472 e. The first-order valence-corrected chi connectivity index (χ1v) is 41.6. The molecule has 2 unspecified atom stereocenters. The van der Waals surface area contributed by atoms with Crippen LogP contribution in [0, 0.1) is 5.92 Å². The summed E-state index contributed by atoms with van der Waals surface area (Å²) in [7, 11) is -9.90. The van der Waals surface area contributed by atoms with Gasteiger partial charge in [-0.25, -0.2) is 9.13 Å². The van der Waals surface area contributed by atoms with Crippen molar-refractivity contribution < 1.29 is 80.2 Å². The molecule has 0 saturated carbocycles. The second-order valence-electron chi connectivity index (χ2n) is 27.2. The zero-order valence-corrected chi connectivity index (χ0v) is 62.2. The van der Waals surface area contributed by atoms with Gasteiger partial charge in [-0.05, 0) is 31.6 Å². The Balaban J connectivity index is 5.13. The predicted molar refractivity (Wildman–Crippen MR) is 377 cm³/mol. The van der Waals surface area contributed by atoms with Crippen LogP contribution < -0.4 is 0 Å². The molecule has 0 aliphatic rings. The van der Waals surface area contributed by atoms with Crippen LogP contribution in [0.2, 0.25) is 0 Å². The van der Waals surface area contributed by atoms with Crippen molar-refractivity contribution in [3.8, 4) is 0 Å². The fourth-order valence-electron chi connectivity index (χ4n) is 11.4. The SMILES string of the molecule is CCCCCCCCCCCCCCCCCCCCCCC(=O)O[C@H](COC(=O)CCCCCCCCCCCCCCCCCC)COP(=O)(O)OC[C@@H](O)COP(=O)(O)OC[C@@H](COC(=O)CCCCCCC)OC(=O)CCCCCCCCCCCC(C)C. The van der Waals surface area contributed by atoms with Crippen molar-refractivity contribution in [3.63, 3.8) is 0 Å². The monoisotopic (exact) mass is 1370 g/mol. The molecule has 19 heteroatoms. The Morgan fingerprint density at radius 3 is 0.731 bits per heavy atom. The number of aliphatic hydroxyl groups is 1. The minimum Gasteiger partial charge on any atom is -0.462 e. The maximum absolute atomic E-state index is 13.1. The maximum atomic E-state index is 13.1. The molecule has 0 spiro atoms. The number of phosphoric ester groups is 2. The molecule has 93 heavy (non-hydrogen) atoms. The Hall–Kier alpha value is -1.94. The second-order valence-corrected chi connectivity index (χ2v) is 30.1. The Kier molecular flexibility index (Phi) is 65.9. The van der Waals surface area contributed by atoms with Gasteiger partial charge < -0.3 is 33.8 Å². The lowest BCUT2D eigenvalue weighted by Crippen LogP contribution is -2.30. The molecule has 0 aliphatic heterocycles. The van der Waals surface area contributed by atoms with E-state index in [9.17, 15) is 43.2 Å². The van der Waals surface area contributed by atoms with Crippen LogP contribution in [-0.4, -0.2) is 96.7 Å². The number of hydrogen-bond donors (Lipinski definition) is 3. The van der Waals surface area contributed by atoms with Gasteiger partial charge >= 0.3 is 39.5 Å². The summed E-state index contributed by atoms with van der Waals surface area (Å²) in [5.74, 6) is -1.39. The quantitative estimate of drug-likeness (QED) is 0.0222. The van der Waals surface area contributed by atoms with Crippen LogP contribution in [0.3, 0.4) is 0 Å². The van der Waals surface area contributed by atoms with Gasteiger partial charge in [-0.15, -0.1) is 0 Å². The molecule has 0 fully saturated rings. The van der Waals surface area contributed by atoms with Gasteiger partial charge in [0.1, 0.15) is 19.3 Å². The number of carbonyl (C=O) groups excluding carboxylic acids is 4. The van der Waals surface area contributed by atoms with Crippen molar-refractivity contribution in [1.82, 2.24) is 0 Å². The van der Waals surface area contributed by atoms with Crippen molar-refractivity contribution in [2.24, 2.45) is 5.92 Å². The van der Waals surface area contributed by atoms with Crippen molar-refractivity contribution in [3.05, 3.63) is 0 Å². The number of ether oxygens (including phenoxy) is 4. The van der Waals surface area contributed by atoms with E-state index in [1.807, 2.05) is 0 Å². The summed E-state index contributed by atoms with van der Waals surface area (Å²) in [4.78, 5) is 72.4. The number of esters is 4. The molecule has 0 aromatic carbocycles. The first kappa shape index (κ1) is 91.1. The maximum Gasteiger partial charge on any atom is 0.472 e. The second kappa shape index (κ2) is 67.3. The van der Waals surface area contributed by atoms with Crippen LogP contribution in [0.4, 0.5) is 0 Å². The van der Waals surface area contributed by atoms with Gasteiger partial charge in [0, 0.05) is 25.7 Å². The third-order valence-corrected chi connectivity index (χ3v) is 19.2. The topological polar surface area (TPSA) is 237 Å². The van der Waals surface area contributed by atoms with Crippen LogP contribution >= 0.6 is 15.6 Å². The number of aliphatic hydroxyl groups excluding tert-OH is 1. The molecular weight excluding hydrogens is 1220 g/mol. The molecule has 0 saturated heterocycles. The Morgan fingerprint density at radius 1 is 0.290 bits per heavy atom. The molecule has 17 nitrogen and oxygen atoms in total. The minimum absolute atomic E-state index is 0.105. The van der Waals surface area contributed by atoms with Crippen molar-refractivity contribution in [1.29, 1.82) is 0 Å². The van der Waals surface area contributed by atoms with E-state index in [2.05, 4.69) is 34.6 Å². The molecule has 0 rings (SSSR count).